The third kappa shape index (κ3) is 4.01. The van der Waals surface area contributed by atoms with E-state index in [4.69, 9.17) is 9.84 Å². The van der Waals surface area contributed by atoms with Gasteiger partial charge in [0, 0.05) is 25.4 Å². The lowest BCUT2D eigenvalue weighted by Gasteiger charge is -2.35. The molecule has 2 heterocycles. The van der Waals surface area contributed by atoms with E-state index in [-0.39, 0.29) is 11.2 Å². The summed E-state index contributed by atoms with van der Waals surface area (Å²) >= 11 is 0. The predicted octanol–water partition coefficient (Wildman–Crippen LogP) is 1.83. The summed E-state index contributed by atoms with van der Waals surface area (Å²) in [5.41, 5.74) is 1.00. The van der Waals surface area contributed by atoms with E-state index in [0.717, 1.165) is 25.1 Å². The van der Waals surface area contributed by atoms with Crippen LogP contribution in [0.1, 0.15) is 42.7 Å². The van der Waals surface area contributed by atoms with Crippen LogP contribution in [0.5, 0.6) is 0 Å². The van der Waals surface area contributed by atoms with Gasteiger partial charge < -0.3 is 15.2 Å². The minimum atomic E-state index is -0.946. The second-order valence-corrected chi connectivity index (χ2v) is 5.52. The van der Waals surface area contributed by atoms with E-state index >= 15 is 0 Å². The highest BCUT2D eigenvalue weighted by Gasteiger charge is 2.28. The van der Waals surface area contributed by atoms with Crippen LogP contribution in [0, 0.1) is 0 Å². The molecule has 1 saturated heterocycles. The van der Waals surface area contributed by atoms with Crippen LogP contribution in [0.15, 0.2) is 18.3 Å². The highest BCUT2D eigenvalue weighted by molar-refractivity contribution is 5.87. The Hall–Kier alpha value is -1.46. The molecule has 19 heavy (non-hydrogen) atoms. The summed E-state index contributed by atoms with van der Waals surface area (Å²) in [5.74, 6) is -0.946. The molecule has 2 rings (SSSR count). The number of hydrogen-bond donors (Lipinski definition) is 2. The molecular weight excluding hydrogens is 244 g/mol. The number of aromatic carboxylic acids is 1. The number of aromatic nitrogens is 1. The topological polar surface area (TPSA) is 71.5 Å². The Morgan fingerprint density at radius 1 is 1.58 bits per heavy atom. The van der Waals surface area contributed by atoms with Gasteiger partial charge in [0.15, 0.2) is 0 Å². The maximum absolute atomic E-state index is 10.7. The van der Waals surface area contributed by atoms with Crippen molar-refractivity contribution in [3.8, 4) is 0 Å². The fourth-order valence-corrected chi connectivity index (χ4v) is 2.31. The van der Waals surface area contributed by atoms with Crippen molar-refractivity contribution in [2.75, 3.05) is 6.61 Å². The quantitative estimate of drug-likeness (QED) is 0.868. The molecule has 0 aliphatic carbocycles. The van der Waals surface area contributed by atoms with E-state index in [0.29, 0.717) is 12.6 Å². The number of rotatable bonds is 4. The number of hydrogen-bond acceptors (Lipinski definition) is 4. The molecule has 1 aromatic rings. The van der Waals surface area contributed by atoms with Crippen molar-refractivity contribution in [1.29, 1.82) is 0 Å². The number of nitrogens with one attached hydrogen (secondary N) is 1. The van der Waals surface area contributed by atoms with E-state index in [1.807, 2.05) is 0 Å². The smallest absolute Gasteiger partial charge is 0.337 e. The molecule has 2 N–H and O–H groups in total. The third-order valence-corrected chi connectivity index (χ3v) is 3.34. The van der Waals surface area contributed by atoms with Gasteiger partial charge in [0.1, 0.15) is 0 Å². The molecule has 1 aromatic heterocycles. The molecule has 0 bridgehead atoms. The van der Waals surface area contributed by atoms with Crippen molar-refractivity contribution in [2.45, 2.75) is 44.9 Å². The van der Waals surface area contributed by atoms with E-state index in [1.54, 1.807) is 12.1 Å². The number of nitrogens with zero attached hydrogens (tertiary/aromatic N) is 1. The Morgan fingerprint density at radius 2 is 2.37 bits per heavy atom. The highest BCUT2D eigenvalue weighted by Crippen LogP contribution is 2.23. The summed E-state index contributed by atoms with van der Waals surface area (Å²) < 4.78 is 5.67. The second-order valence-electron chi connectivity index (χ2n) is 5.52. The number of ether oxygens (including phenoxy) is 1. The molecule has 1 aliphatic heterocycles. The summed E-state index contributed by atoms with van der Waals surface area (Å²) in [4.78, 5) is 14.9. The maximum Gasteiger partial charge on any atom is 0.337 e. The van der Waals surface area contributed by atoms with E-state index in [2.05, 4.69) is 24.1 Å². The van der Waals surface area contributed by atoms with Crippen molar-refractivity contribution in [2.24, 2.45) is 0 Å². The molecule has 0 amide bonds. The monoisotopic (exact) mass is 264 g/mol. The highest BCUT2D eigenvalue weighted by atomic mass is 16.5. The third-order valence-electron chi connectivity index (χ3n) is 3.34. The molecule has 1 fully saturated rings. The minimum Gasteiger partial charge on any atom is -0.478 e. The molecule has 104 valence electrons. The van der Waals surface area contributed by atoms with Gasteiger partial charge >= 0.3 is 5.97 Å². The average Bonchev–Trinajstić information content (AvgIpc) is 2.36. The van der Waals surface area contributed by atoms with Gasteiger partial charge in [-0.1, -0.05) is 0 Å². The van der Waals surface area contributed by atoms with Crippen LogP contribution in [0.2, 0.25) is 0 Å². The summed E-state index contributed by atoms with van der Waals surface area (Å²) in [6.07, 6.45) is 3.37. The van der Waals surface area contributed by atoms with Crippen LogP contribution in [0.3, 0.4) is 0 Å². The SMILES string of the molecule is CC1(C)CC(NCc2ccc(C(=O)O)cn2)CCO1. The van der Waals surface area contributed by atoms with Gasteiger partial charge in [0.2, 0.25) is 0 Å². The van der Waals surface area contributed by atoms with Crippen molar-refractivity contribution in [3.63, 3.8) is 0 Å². The zero-order valence-electron chi connectivity index (χ0n) is 11.3. The second kappa shape index (κ2) is 5.67. The van der Waals surface area contributed by atoms with E-state index in [1.165, 1.54) is 6.20 Å². The van der Waals surface area contributed by atoms with Crippen LogP contribution in [-0.4, -0.2) is 34.3 Å². The Balaban J connectivity index is 1.86. The summed E-state index contributed by atoms with van der Waals surface area (Å²) in [5, 5.41) is 12.2. The zero-order chi connectivity index (χ0) is 13.9. The van der Waals surface area contributed by atoms with Gasteiger partial charge in [-0.05, 0) is 38.8 Å². The molecule has 0 aromatic carbocycles. The van der Waals surface area contributed by atoms with E-state index in [9.17, 15) is 4.79 Å². The van der Waals surface area contributed by atoms with Crippen molar-refractivity contribution >= 4 is 5.97 Å². The first-order chi connectivity index (χ1) is 8.96. The van der Waals surface area contributed by atoms with Gasteiger partial charge in [-0.25, -0.2) is 4.79 Å². The Labute approximate surface area is 113 Å². The Kier molecular flexibility index (Phi) is 4.17. The first-order valence-corrected chi connectivity index (χ1v) is 6.52. The average molecular weight is 264 g/mol. The fraction of sp³-hybridized carbons (Fsp3) is 0.571. The van der Waals surface area contributed by atoms with Crippen molar-refractivity contribution < 1.29 is 14.6 Å². The molecule has 5 heteroatoms. The lowest BCUT2D eigenvalue weighted by Crippen LogP contribution is -2.43. The molecule has 5 nitrogen and oxygen atoms in total. The standard InChI is InChI=1S/C14H20N2O3/c1-14(2)7-11(5-6-19-14)16-9-12-4-3-10(8-15-12)13(17)18/h3-4,8,11,16H,5-7,9H2,1-2H3,(H,17,18). The van der Waals surface area contributed by atoms with Gasteiger partial charge in [-0.2, -0.15) is 0 Å². The Morgan fingerprint density at radius 3 is 2.95 bits per heavy atom. The van der Waals surface area contributed by atoms with Crippen molar-refractivity contribution in [1.82, 2.24) is 10.3 Å². The first-order valence-electron chi connectivity index (χ1n) is 6.52. The molecular formula is C14H20N2O3. The number of pyridine rings is 1. The van der Waals surface area contributed by atoms with Crippen LogP contribution >= 0.6 is 0 Å². The van der Waals surface area contributed by atoms with Gasteiger partial charge in [-0.15, -0.1) is 0 Å². The van der Waals surface area contributed by atoms with Crippen LogP contribution in [0.25, 0.3) is 0 Å². The molecule has 0 radical (unpaired) electrons. The largest absolute Gasteiger partial charge is 0.478 e. The number of carboxylic acids is 1. The Bertz CT molecular complexity index is 443. The fourth-order valence-electron chi connectivity index (χ4n) is 2.31. The summed E-state index contributed by atoms with van der Waals surface area (Å²) in [7, 11) is 0. The van der Waals surface area contributed by atoms with Crippen LogP contribution in [-0.2, 0) is 11.3 Å². The summed E-state index contributed by atoms with van der Waals surface area (Å²) in [6, 6.07) is 3.76. The maximum atomic E-state index is 10.7. The minimum absolute atomic E-state index is 0.0729. The van der Waals surface area contributed by atoms with Gasteiger partial charge in [0.05, 0.1) is 16.9 Å². The lowest BCUT2D eigenvalue weighted by molar-refractivity contribution is -0.0631. The lowest BCUT2D eigenvalue weighted by atomic mass is 9.94. The first kappa shape index (κ1) is 14.0. The molecule has 1 aliphatic rings. The molecule has 1 atom stereocenters. The van der Waals surface area contributed by atoms with Crippen LogP contribution < -0.4 is 5.32 Å². The van der Waals surface area contributed by atoms with Gasteiger partial charge in [0.25, 0.3) is 0 Å². The van der Waals surface area contributed by atoms with Crippen LogP contribution in [0.4, 0.5) is 0 Å². The van der Waals surface area contributed by atoms with Gasteiger partial charge in [-0.3, -0.25) is 4.98 Å². The van der Waals surface area contributed by atoms with E-state index < -0.39 is 5.97 Å². The molecule has 0 spiro atoms. The van der Waals surface area contributed by atoms with Crippen molar-refractivity contribution in [3.05, 3.63) is 29.6 Å². The molecule has 0 saturated carbocycles. The zero-order valence-corrected chi connectivity index (χ0v) is 11.3. The number of carbonyl (C=O) groups is 1. The number of carboxylic acid groups (broad SMARTS) is 1. The predicted molar refractivity (Wildman–Crippen MR) is 71.1 cm³/mol. The summed E-state index contributed by atoms with van der Waals surface area (Å²) in [6.45, 7) is 5.62. The normalized spacial score (nSPS) is 22.1. The molecule has 1 unspecified atom stereocenters.